The summed E-state index contributed by atoms with van der Waals surface area (Å²) in [4.78, 5) is 0. The van der Waals surface area contributed by atoms with Crippen LogP contribution in [0.15, 0.2) is 0 Å². The maximum absolute atomic E-state index is 10.3. The first-order chi connectivity index (χ1) is 6.62. The van der Waals surface area contributed by atoms with E-state index in [2.05, 4.69) is 26.1 Å². The highest BCUT2D eigenvalue weighted by atomic mass is 32.2. The molecule has 84 valence electrons. The Kier molecular flexibility index (Phi) is 4.74. The number of hydrogen-bond acceptors (Lipinski definition) is 3. The van der Waals surface area contributed by atoms with Crippen molar-refractivity contribution in [3.63, 3.8) is 0 Å². The van der Waals surface area contributed by atoms with Crippen LogP contribution in [0.1, 0.15) is 40.0 Å². The quantitative estimate of drug-likeness (QED) is 0.714. The van der Waals surface area contributed by atoms with Crippen molar-refractivity contribution in [1.29, 1.82) is 0 Å². The van der Waals surface area contributed by atoms with Crippen LogP contribution in [0.3, 0.4) is 0 Å². The van der Waals surface area contributed by atoms with Crippen LogP contribution in [-0.4, -0.2) is 34.3 Å². The summed E-state index contributed by atoms with van der Waals surface area (Å²) in [5, 5.41) is 14.1. The summed E-state index contributed by atoms with van der Waals surface area (Å²) in [5.74, 6) is 1.11. The van der Waals surface area contributed by atoms with Crippen molar-refractivity contribution >= 4 is 11.8 Å². The first kappa shape index (κ1) is 12.3. The fraction of sp³-hybridized carbons (Fsp3) is 1.00. The molecule has 0 aliphatic heterocycles. The molecule has 1 rings (SSSR count). The third-order valence-electron chi connectivity index (χ3n) is 3.18. The van der Waals surface area contributed by atoms with Gasteiger partial charge in [-0.15, -0.1) is 0 Å². The fourth-order valence-corrected chi connectivity index (χ4v) is 2.93. The summed E-state index contributed by atoms with van der Waals surface area (Å²) in [7, 11) is 0. The molecule has 3 unspecified atom stereocenters. The number of aliphatic hydroxyl groups is 1. The van der Waals surface area contributed by atoms with Crippen LogP contribution < -0.4 is 5.32 Å². The van der Waals surface area contributed by atoms with Crippen molar-refractivity contribution in [1.82, 2.24) is 5.32 Å². The van der Waals surface area contributed by atoms with Gasteiger partial charge in [-0.2, -0.15) is 11.8 Å². The number of thioether (sulfide) groups is 1. The lowest BCUT2D eigenvalue weighted by atomic mass is 9.79. The lowest BCUT2D eigenvalue weighted by Gasteiger charge is -2.45. The average molecular weight is 217 g/mol. The van der Waals surface area contributed by atoms with Crippen molar-refractivity contribution in [3.8, 4) is 0 Å². The van der Waals surface area contributed by atoms with E-state index >= 15 is 0 Å². The maximum atomic E-state index is 10.3. The molecule has 0 spiro atoms. The van der Waals surface area contributed by atoms with Crippen molar-refractivity contribution in [2.24, 2.45) is 0 Å². The molecular formula is C11H23NOS. The molecule has 0 radical (unpaired) electrons. The van der Waals surface area contributed by atoms with E-state index in [0.717, 1.165) is 25.1 Å². The van der Waals surface area contributed by atoms with Gasteiger partial charge in [0.1, 0.15) is 0 Å². The van der Waals surface area contributed by atoms with Crippen LogP contribution in [0.5, 0.6) is 0 Å². The molecule has 0 aromatic rings. The lowest BCUT2D eigenvalue weighted by molar-refractivity contribution is -0.0249. The monoisotopic (exact) mass is 217 g/mol. The Bertz CT molecular complexity index is 177. The van der Waals surface area contributed by atoms with Gasteiger partial charge in [-0.1, -0.05) is 13.8 Å². The maximum Gasteiger partial charge on any atom is 0.0889 e. The highest BCUT2D eigenvalue weighted by Gasteiger charge is 2.44. The topological polar surface area (TPSA) is 32.3 Å². The van der Waals surface area contributed by atoms with E-state index in [1.54, 1.807) is 0 Å². The van der Waals surface area contributed by atoms with E-state index in [9.17, 15) is 5.11 Å². The van der Waals surface area contributed by atoms with E-state index in [1.165, 1.54) is 6.42 Å². The highest BCUT2D eigenvalue weighted by Crippen LogP contribution is 2.40. The van der Waals surface area contributed by atoms with Crippen LogP contribution in [0.4, 0.5) is 0 Å². The normalized spacial score (nSPS) is 33.9. The lowest BCUT2D eigenvalue weighted by Crippen LogP contribution is -2.57. The second kappa shape index (κ2) is 5.38. The molecule has 3 atom stereocenters. The van der Waals surface area contributed by atoms with Gasteiger partial charge in [-0.25, -0.2) is 0 Å². The van der Waals surface area contributed by atoms with Crippen LogP contribution >= 0.6 is 11.8 Å². The Morgan fingerprint density at radius 3 is 2.71 bits per heavy atom. The molecule has 0 saturated heterocycles. The molecule has 14 heavy (non-hydrogen) atoms. The second-order valence-corrected chi connectivity index (χ2v) is 5.76. The Morgan fingerprint density at radius 2 is 2.29 bits per heavy atom. The molecule has 0 amide bonds. The Balaban J connectivity index is 2.28. The Labute approximate surface area is 91.9 Å². The van der Waals surface area contributed by atoms with Crippen molar-refractivity contribution in [2.45, 2.75) is 56.9 Å². The van der Waals surface area contributed by atoms with Crippen molar-refractivity contribution < 1.29 is 5.11 Å². The molecule has 1 saturated carbocycles. The smallest absolute Gasteiger partial charge is 0.0889 e. The largest absolute Gasteiger partial charge is 0.387 e. The van der Waals surface area contributed by atoms with Crippen LogP contribution in [0, 0.1) is 0 Å². The number of hydrogen-bond donors (Lipinski definition) is 2. The Hall–Kier alpha value is 0.270. The van der Waals surface area contributed by atoms with Gasteiger partial charge in [0, 0.05) is 17.8 Å². The molecule has 0 bridgehead atoms. The molecule has 3 heteroatoms. The Morgan fingerprint density at radius 1 is 1.57 bits per heavy atom. The third kappa shape index (κ3) is 2.88. The van der Waals surface area contributed by atoms with Gasteiger partial charge in [-0.05, 0) is 31.9 Å². The summed E-state index contributed by atoms with van der Waals surface area (Å²) in [6.45, 7) is 7.26. The second-order valence-electron chi connectivity index (χ2n) is 4.28. The van der Waals surface area contributed by atoms with E-state index in [4.69, 9.17) is 0 Å². The van der Waals surface area contributed by atoms with Gasteiger partial charge in [0.25, 0.3) is 0 Å². The molecule has 1 aliphatic rings. The summed E-state index contributed by atoms with van der Waals surface area (Å²) >= 11 is 1.89. The van der Waals surface area contributed by atoms with Gasteiger partial charge in [0.15, 0.2) is 0 Å². The molecular weight excluding hydrogens is 194 g/mol. The summed E-state index contributed by atoms with van der Waals surface area (Å²) < 4.78 is 0. The van der Waals surface area contributed by atoms with E-state index in [-0.39, 0.29) is 0 Å². The molecule has 2 nitrogen and oxygen atoms in total. The van der Waals surface area contributed by atoms with Crippen LogP contribution in [0.2, 0.25) is 0 Å². The summed E-state index contributed by atoms with van der Waals surface area (Å²) in [5.41, 5.74) is -0.426. The summed E-state index contributed by atoms with van der Waals surface area (Å²) in [6, 6.07) is 0.520. The van der Waals surface area contributed by atoms with Gasteiger partial charge >= 0.3 is 0 Å². The van der Waals surface area contributed by atoms with E-state index in [1.807, 2.05) is 11.8 Å². The van der Waals surface area contributed by atoms with Gasteiger partial charge < -0.3 is 10.4 Å². The zero-order chi connectivity index (χ0) is 10.6. The minimum atomic E-state index is -0.426. The van der Waals surface area contributed by atoms with Crippen molar-refractivity contribution in [3.05, 3.63) is 0 Å². The van der Waals surface area contributed by atoms with Gasteiger partial charge in [0.2, 0.25) is 0 Å². The standard InChI is InChI=1S/C11H23NOS/c1-4-9(3)12-8-11(13)7-6-10(11)14-5-2/h9-10,12-13H,4-8H2,1-3H3. The fourth-order valence-electron chi connectivity index (χ4n) is 1.73. The van der Waals surface area contributed by atoms with E-state index < -0.39 is 5.60 Å². The minimum Gasteiger partial charge on any atom is -0.387 e. The zero-order valence-corrected chi connectivity index (χ0v) is 10.4. The predicted molar refractivity (Wildman–Crippen MR) is 63.9 cm³/mol. The molecule has 2 N–H and O–H groups in total. The molecule has 0 aromatic heterocycles. The van der Waals surface area contributed by atoms with Crippen LogP contribution in [0.25, 0.3) is 0 Å². The van der Waals surface area contributed by atoms with Gasteiger partial charge in [-0.3, -0.25) is 0 Å². The van der Waals surface area contributed by atoms with Crippen molar-refractivity contribution in [2.75, 3.05) is 12.3 Å². The SMILES string of the molecule is CCSC1CCC1(O)CNC(C)CC. The zero-order valence-electron chi connectivity index (χ0n) is 9.55. The predicted octanol–water partition coefficient (Wildman–Crippen LogP) is 2.02. The number of nitrogens with one attached hydrogen (secondary N) is 1. The van der Waals surface area contributed by atoms with E-state index in [0.29, 0.717) is 11.3 Å². The molecule has 0 aromatic carbocycles. The first-order valence-corrected chi connectivity index (χ1v) is 6.74. The van der Waals surface area contributed by atoms with Gasteiger partial charge in [0.05, 0.1) is 5.60 Å². The molecule has 0 heterocycles. The third-order valence-corrected chi connectivity index (χ3v) is 4.59. The van der Waals surface area contributed by atoms with Crippen LogP contribution in [-0.2, 0) is 0 Å². The molecule has 1 aliphatic carbocycles. The highest BCUT2D eigenvalue weighted by molar-refractivity contribution is 8.00. The summed E-state index contributed by atoms with van der Waals surface area (Å²) in [6.07, 6.45) is 3.27. The molecule has 1 fully saturated rings. The average Bonchev–Trinajstić information content (AvgIpc) is 2.20. The number of rotatable bonds is 6. The minimum absolute atomic E-state index is 0.426. The first-order valence-electron chi connectivity index (χ1n) is 5.69.